The van der Waals surface area contributed by atoms with E-state index in [-0.39, 0.29) is 0 Å². The fourth-order valence-electron chi connectivity index (χ4n) is 0.839. The van der Waals surface area contributed by atoms with E-state index in [1.54, 1.807) is 0 Å². The Balaban J connectivity index is 5.27. The maximum absolute atomic E-state index is 13.8. The van der Waals surface area contributed by atoms with Gasteiger partial charge >= 0.3 is 12.1 Å². The predicted molar refractivity (Wildman–Crippen MR) is 46.8 cm³/mol. The summed E-state index contributed by atoms with van der Waals surface area (Å²) in [6, 6.07) is 0. The molecule has 0 aliphatic rings. The fraction of sp³-hybridized carbons (Fsp3) is 0.750. The summed E-state index contributed by atoms with van der Waals surface area (Å²) in [6.07, 6.45) is -5.19. The minimum Gasteiger partial charge on any atom is -0.481 e. The number of ether oxygens (including phenoxy) is 1. The van der Waals surface area contributed by atoms with Crippen molar-refractivity contribution in [1.29, 1.82) is 0 Å². The molecule has 0 aliphatic carbocycles. The minimum absolute atomic E-state index is 0.734. The van der Waals surface area contributed by atoms with Crippen LogP contribution in [0.4, 0.5) is 18.0 Å². The van der Waals surface area contributed by atoms with Crippen LogP contribution in [0.1, 0.15) is 13.8 Å². The van der Waals surface area contributed by atoms with Crippen molar-refractivity contribution in [2.45, 2.75) is 26.1 Å². The van der Waals surface area contributed by atoms with Crippen molar-refractivity contribution in [3.8, 4) is 0 Å². The standard InChI is InChI=1S/C8H12F3NO4/c1-7(2,5(13)14)8(11,4(9)10)12-6(15)16-3/h4H,1-3H3,(H,12,15)(H,13,14). The molecule has 1 amide bonds. The number of alkyl carbamates (subject to hydrolysis) is 1. The van der Waals surface area contributed by atoms with Crippen molar-refractivity contribution in [2.75, 3.05) is 7.11 Å². The van der Waals surface area contributed by atoms with Gasteiger partial charge in [-0.1, -0.05) is 0 Å². The normalized spacial score (nSPS) is 15.4. The van der Waals surface area contributed by atoms with Crippen LogP contribution in [0.25, 0.3) is 0 Å². The predicted octanol–water partition coefficient (Wildman–Crippen LogP) is 1.38. The Hall–Kier alpha value is -1.47. The zero-order valence-corrected chi connectivity index (χ0v) is 8.88. The Morgan fingerprint density at radius 2 is 1.81 bits per heavy atom. The van der Waals surface area contributed by atoms with Crippen LogP contribution in [-0.2, 0) is 9.53 Å². The summed E-state index contributed by atoms with van der Waals surface area (Å²) in [5.74, 6) is -5.53. The molecule has 0 aliphatic heterocycles. The molecule has 1 unspecified atom stereocenters. The summed E-state index contributed by atoms with van der Waals surface area (Å²) in [7, 11) is 0.842. The lowest BCUT2D eigenvalue weighted by Gasteiger charge is -2.36. The van der Waals surface area contributed by atoms with Gasteiger partial charge in [-0.3, -0.25) is 10.1 Å². The van der Waals surface area contributed by atoms with Crippen LogP contribution >= 0.6 is 0 Å². The number of amides is 1. The van der Waals surface area contributed by atoms with Crippen LogP contribution in [0, 0.1) is 5.41 Å². The van der Waals surface area contributed by atoms with Gasteiger partial charge in [-0.05, 0) is 13.8 Å². The maximum Gasteiger partial charge on any atom is 0.409 e. The number of aliphatic carboxylic acids is 1. The number of carboxylic acids is 1. The van der Waals surface area contributed by atoms with E-state index in [0.717, 1.165) is 21.0 Å². The van der Waals surface area contributed by atoms with Gasteiger partial charge in [0.05, 0.1) is 7.11 Å². The molecule has 1 atom stereocenters. The average Bonchev–Trinajstić information content (AvgIpc) is 2.16. The topological polar surface area (TPSA) is 75.6 Å². The summed E-state index contributed by atoms with van der Waals surface area (Å²) in [4.78, 5) is 21.4. The number of hydrogen-bond acceptors (Lipinski definition) is 3. The summed E-state index contributed by atoms with van der Waals surface area (Å²) < 4.78 is 42.8. The first kappa shape index (κ1) is 14.5. The third kappa shape index (κ3) is 2.37. The lowest BCUT2D eigenvalue weighted by molar-refractivity contribution is -0.175. The second-order valence-corrected chi connectivity index (χ2v) is 3.56. The van der Waals surface area contributed by atoms with E-state index in [9.17, 15) is 22.8 Å². The van der Waals surface area contributed by atoms with Crippen molar-refractivity contribution in [3.05, 3.63) is 0 Å². The molecular formula is C8H12F3NO4. The molecule has 0 saturated heterocycles. The SMILES string of the molecule is COC(=O)NC(F)(C(F)F)C(C)(C)C(=O)O. The molecule has 2 N–H and O–H groups in total. The largest absolute Gasteiger partial charge is 0.481 e. The van der Waals surface area contributed by atoms with E-state index in [2.05, 4.69) is 4.74 Å². The van der Waals surface area contributed by atoms with Crippen LogP contribution in [0.3, 0.4) is 0 Å². The van der Waals surface area contributed by atoms with Crippen molar-refractivity contribution in [1.82, 2.24) is 5.32 Å². The monoisotopic (exact) mass is 243 g/mol. The van der Waals surface area contributed by atoms with Gasteiger partial charge in [0.25, 0.3) is 12.2 Å². The summed E-state index contributed by atoms with van der Waals surface area (Å²) in [6.45, 7) is 1.47. The Bertz CT molecular complexity index is 295. The molecule has 0 aromatic rings. The van der Waals surface area contributed by atoms with E-state index >= 15 is 0 Å². The molecule has 0 heterocycles. The molecule has 8 heteroatoms. The molecule has 0 bridgehead atoms. The van der Waals surface area contributed by atoms with E-state index in [0.29, 0.717) is 0 Å². The summed E-state index contributed by atoms with van der Waals surface area (Å²) >= 11 is 0. The van der Waals surface area contributed by atoms with Crippen molar-refractivity contribution in [3.63, 3.8) is 0 Å². The smallest absolute Gasteiger partial charge is 0.409 e. The number of carbonyl (C=O) groups is 2. The first-order chi connectivity index (χ1) is 7.09. The third-order valence-corrected chi connectivity index (χ3v) is 2.21. The first-order valence-corrected chi connectivity index (χ1v) is 4.16. The van der Waals surface area contributed by atoms with Gasteiger partial charge in [0, 0.05) is 0 Å². The number of rotatable bonds is 4. The molecule has 94 valence electrons. The molecule has 0 aromatic heterocycles. The van der Waals surface area contributed by atoms with Crippen molar-refractivity contribution in [2.24, 2.45) is 5.41 Å². The molecule has 0 radical (unpaired) electrons. The highest BCUT2D eigenvalue weighted by molar-refractivity contribution is 5.77. The van der Waals surface area contributed by atoms with Crippen LogP contribution in [-0.4, -0.2) is 36.5 Å². The van der Waals surface area contributed by atoms with Crippen LogP contribution in [0.15, 0.2) is 0 Å². The van der Waals surface area contributed by atoms with E-state index in [4.69, 9.17) is 5.11 Å². The maximum atomic E-state index is 13.8. The van der Waals surface area contributed by atoms with Crippen molar-refractivity contribution < 1.29 is 32.6 Å². The van der Waals surface area contributed by atoms with Crippen LogP contribution in [0.5, 0.6) is 0 Å². The Labute approximate surface area is 89.6 Å². The fourth-order valence-corrected chi connectivity index (χ4v) is 0.839. The van der Waals surface area contributed by atoms with E-state index in [1.807, 2.05) is 0 Å². The highest BCUT2D eigenvalue weighted by Gasteiger charge is 2.59. The summed E-state index contributed by atoms with van der Waals surface area (Å²) in [5, 5.41) is 9.85. The van der Waals surface area contributed by atoms with Gasteiger partial charge < -0.3 is 9.84 Å². The van der Waals surface area contributed by atoms with Gasteiger partial charge in [0.15, 0.2) is 0 Å². The molecule has 5 nitrogen and oxygen atoms in total. The highest BCUT2D eigenvalue weighted by Crippen LogP contribution is 2.37. The lowest BCUT2D eigenvalue weighted by atomic mass is 9.82. The first-order valence-electron chi connectivity index (χ1n) is 4.16. The number of alkyl halides is 3. The Kier molecular flexibility index (Phi) is 4.16. The van der Waals surface area contributed by atoms with Crippen LogP contribution in [0.2, 0.25) is 0 Å². The van der Waals surface area contributed by atoms with Gasteiger partial charge in [-0.25, -0.2) is 18.0 Å². The number of nitrogens with one attached hydrogen (secondary N) is 1. The second-order valence-electron chi connectivity index (χ2n) is 3.56. The van der Waals surface area contributed by atoms with Gasteiger partial charge in [0.2, 0.25) is 0 Å². The molecule has 0 rings (SSSR count). The average molecular weight is 243 g/mol. The lowest BCUT2D eigenvalue weighted by Crippen LogP contribution is -2.62. The zero-order chi connectivity index (χ0) is 13.1. The highest BCUT2D eigenvalue weighted by atomic mass is 19.3. The number of carboxylic acid groups (broad SMARTS) is 1. The molecule has 0 spiro atoms. The molecule has 16 heavy (non-hydrogen) atoms. The van der Waals surface area contributed by atoms with E-state index in [1.165, 1.54) is 5.32 Å². The second kappa shape index (κ2) is 4.58. The Morgan fingerprint density at radius 1 is 1.38 bits per heavy atom. The Morgan fingerprint density at radius 3 is 2.06 bits per heavy atom. The van der Waals surface area contributed by atoms with Gasteiger partial charge in [-0.2, -0.15) is 0 Å². The summed E-state index contributed by atoms with van der Waals surface area (Å²) in [5.41, 5.74) is -2.50. The quantitative estimate of drug-likeness (QED) is 0.731. The minimum atomic E-state index is -3.72. The molecule has 0 aromatic carbocycles. The number of carbonyl (C=O) groups excluding carboxylic acids is 1. The number of methoxy groups -OCH3 is 1. The molecular weight excluding hydrogens is 231 g/mol. The van der Waals surface area contributed by atoms with Crippen molar-refractivity contribution >= 4 is 12.1 Å². The number of halogens is 3. The van der Waals surface area contributed by atoms with Gasteiger partial charge in [-0.15, -0.1) is 0 Å². The zero-order valence-electron chi connectivity index (χ0n) is 8.88. The molecule has 0 fully saturated rings. The third-order valence-electron chi connectivity index (χ3n) is 2.21. The van der Waals surface area contributed by atoms with Crippen LogP contribution < -0.4 is 5.32 Å². The van der Waals surface area contributed by atoms with Gasteiger partial charge in [0.1, 0.15) is 5.41 Å². The number of hydrogen-bond donors (Lipinski definition) is 2. The van der Waals surface area contributed by atoms with E-state index < -0.39 is 29.7 Å². The molecule has 0 saturated carbocycles.